The molecule has 3 aromatic heterocycles. The van der Waals surface area contributed by atoms with Crippen molar-refractivity contribution in [2.45, 2.75) is 6.54 Å². The summed E-state index contributed by atoms with van der Waals surface area (Å²) in [5.74, 6) is 0.346. The second-order valence-electron chi connectivity index (χ2n) is 3.96. The maximum atomic E-state index is 12.0. The summed E-state index contributed by atoms with van der Waals surface area (Å²) in [5.41, 5.74) is 0.909. The van der Waals surface area contributed by atoms with Gasteiger partial charge in [-0.25, -0.2) is 4.52 Å². The summed E-state index contributed by atoms with van der Waals surface area (Å²) in [5, 5.41) is 7.21. The minimum Gasteiger partial charge on any atom is -0.467 e. The Balaban J connectivity index is 1.83. The van der Waals surface area contributed by atoms with Gasteiger partial charge in [0.25, 0.3) is 5.91 Å². The second-order valence-corrected chi connectivity index (χ2v) is 4.33. The van der Waals surface area contributed by atoms with E-state index in [0.717, 1.165) is 0 Å². The van der Waals surface area contributed by atoms with Crippen LogP contribution in [0.3, 0.4) is 0 Å². The highest BCUT2D eigenvalue weighted by Gasteiger charge is 2.17. The highest BCUT2D eigenvalue weighted by Crippen LogP contribution is 2.21. The molecule has 0 aliphatic carbocycles. The third-order valence-electron chi connectivity index (χ3n) is 2.70. The van der Waals surface area contributed by atoms with Gasteiger partial charge in [0, 0.05) is 6.20 Å². The fraction of sp³-hybridized carbons (Fsp3) is 0.0769. The van der Waals surface area contributed by atoms with E-state index in [1.807, 2.05) is 12.1 Å². The van der Waals surface area contributed by atoms with Crippen molar-refractivity contribution in [1.82, 2.24) is 14.9 Å². The van der Waals surface area contributed by atoms with Crippen LogP contribution in [0.15, 0.2) is 47.2 Å². The second kappa shape index (κ2) is 4.78. The van der Waals surface area contributed by atoms with Crippen LogP contribution in [0.4, 0.5) is 0 Å². The van der Waals surface area contributed by atoms with E-state index in [-0.39, 0.29) is 11.6 Å². The molecule has 0 aliphatic rings. The largest absolute Gasteiger partial charge is 0.467 e. The lowest BCUT2D eigenvalue weighted by atomic mass is 10.3. The van der Waals surface area contributed by atoms with Gasteiger partial charge in [-0.1, -0.05) is 17.7 Å². The van der Waals surface area contributed by atoms with Gasteiger partial charge in [-0.2, -0.15) is 5.10 Å². The van der Waals surface area contributed by atoms with Crippen LogP contribution in [-0.4, -0.2) is 15.5 Å². The topological polar surface area (TPSA) is 59.5 Å². The molecule has 0 aliphatic heterocycles. The van der Waals surface area contributed by atoms with E-state index in [1.54, 1.807) is 35.2 Å². The van der Waals surface area contributed by atoms with Crippen molar-refractivity contribution in [2.75, 3.05) is 0 Å². The molecule has 1 amide bonds. The van der Waals surface area contributed by atoms with Crippen LogP contribution in [0.2, 0.25) is 5.02 Å². The summed E-state index contributed by atoms with van der Waals surface area (Å²) >= 11 is 6.15. The molecule has 0 bridgehead atoms. The minimum atomic E-state index is -0.329. The molecule has 3 aromatic rings. The number of halogens is 1. The van der Waals surface area contributed by atoms with Crippen molar-refractivity contribution in [3.05, 3.63) is 59.3 Å². The zero-order valence-electron chi connectivity index (χ0n) is 9.84. The van der Waals surface area contributed by atoms with E-state index < -0.39 is 0 Å². The van der Waals surface area contributed by atoms with Crippen LogP contribution in [0.25, 0.3) is 5.52 Å². The lowest BCUT2D eigenvalue weighted by Gasteiger charge is -2.00. The highest BCUT2D eigenvalue weighted by molar-refractivity contribution is 6.36. The fourth-order valence-electron chi connectivity index (χ4n) is 1.78. The number of hydrogen-bond acceptors (Lipinski definition) is 3. The van der Waals surface area contributed by atoms with Crippen molar-refractivity contribution in [3.63, 3.8) is 0 Å². The van der Waals surface area contributed by atoms with Gasteiger partial charge in [-0.3, -0.25) is 4.79 Å². The van der Waals surface area contributed by atoms with Gasteiger partial charge < -0.3 is 9.73 Å². The molecule has 3 rings (SSSR count). The molecule has 0 aromatic carbocycles. The molecule has 0 saturated heterocycles. The first-order chi connectivity index (χ1) is 9.25. The van der Waals surface area contributed by atoms with Gasteiger partial charge >= 0.3 is 0 Å². The zero-order chi connectivity index (χ0) is 13.2. The molecular weight excluding hydrogens is 266 g/mol. The molecule has 0 fully saturated rings. The Morgan fingerprint density at radius 3 is 3.00 bits per heavy atom. The fourth-order valence-corrected chi connectivity index (χ4v) is 2.05. The molecule has 5 nitrogen and oxygen atoms in total. The van der Waals surface area contributed by atoms with Crippen molar-refractivity contribution in [3.8, 4) is 0 Å². The average Bonchev–Trinajstić information content (AvgIpc) is 3.05. The van der Waals surface area contributed by atoms with Gasteiger partial charge in [0.2, 0.25) is 0 Å². The van der Waals surface area contributed by atoms with Gasteiger partial charge in [-0.15, -0.1) is 0 Å². The number of hydrogen-bond donors (Lipinski definition) is 1. The predicted octanol–water partition coefficient (Wildman–Crippen LogP) is 2.51. The molecule has 6 heteroatoms. The monoisotopic (exact) mass is 275 g/mol. The number of rotatable bonds is 3. The quantitative estimate of drug-likeness (QED) is 0.799. The van der Waals surface area contributed by atoms with Gasteiger partial charge in [-0.05, 0) is 24.3 Å². The summed E-state index contributed by atoms with van der Waals surface area (Å²) in [7, 11) is 0. The molecule has 0 spiro atoms. The summed E-state index contributed by atoms with van der Waals surface area (Å²) in [4.78, 5) is 12.0. The Morgan fingerprint density at radius 1 is 1.37 bits per heavy atom. The molecular formula is C13H10ClN3O2. The number of carbonyl (C=O) groups is 1. The third kappa shape index (κ3) is 2.20. The third-order valence-corrected chi connectivity index (χ3v) is 3.07. The zero-order valence-corrected chi connectivity index (χ0v) is 10.6. The maximum absolute atomic E-state index is 12.0. The average molecular weight is 276 g/mol. The normalized spacial score (nSPS) is 10.8. The van der Waals surface area contributed by atoms with E-state index in [4.69, 9.17) is 16.0 Å². The van der Waals surface area contributed by atoms with Crippen molar-refractivity contribution in [1.29, 1.82) is 0 Å². The molecule has 0 saturated carbocycles. The summed E-state index contributed by atoms with van der Waals surface area (Å²) in [6.45, 7) is 0.302. The van der Waals surface area contributed by atoms with E-state index in [1.165, 1.54) is 0 Å². The van der Waals surface area contributed by atoms with Crippen LogP contribution >= 0.6 is 11.6 Å². The lowest BCUT2D eigenvalue weighted by molar-refractivity contribution is 0.0943. The number of nitrogens with zero attached hydrogens (tertiary/aromatic N) is 2. The summed E-state index contributed by atoms with van der Waals surface area (Å²) < 4.78 is 6.71. The number of aromatic nitrogens is 2. The first kappa shape index (κ1) is 11.8. The van der Waals surface area contributed by atoms with Crippen molar-refractivity contribution < 1.29 is 9.21 Å². The standard InChI is InChI=1S/C13H10ClN3O2/c14-11-10-5-1-2-6-17(10)16-12(11)13(18)15-8-9-4-3-7-19-9/h1-7H,8H2,(H,15,18). The Kier molecular flexibility index (Phi) is 2.97. The molecule has 0 atom stereocenters. The number of pyridine rings is 1. The molecule has 1 N–H and O–H groups in total. The first-order valence-electron chi connectivity index (χ1n) is 5.69. The predicted molar refractivity (Wildman–Crippen MR) is 70.1 cm³/mol. The molecule has 96 valence electrons. The highest BCUT2D eigenvalue weighted by atomic mass is 35.5. The van der Waals surface area contributed by atoms with E-state index >= 15 is 0 Å². The van der Waals surface area contributed by atoms with E-state index in [9.17, 15) is 4.79 Å². The van der Waals surface area contributed by atoms with Gasteiger partial charge in [0.05, 0.1) is 23.3 Å². The summed E-state index contributed by atoms with van der Waals surface area (Å²) in [6, 6.07) is 9.01. The molecule has 19 heavy (non-hydrogen) atoms. The number of carbonyl (C=O) groups excluding carboxylic acids is 1. The Bertz CT molecular complexity index is 719. The van der Waals surface area contributed by atoms with E-state index in [2.05, 4.69) is 10.4 Å². The van der Waals surface area contributed by atoms with Crippen LogP contribution < -0.4 is 5.32 Å². The SMILES string of the molecule is O=C(NCc1ccco1)c1nn2ccccc2c1Cl. The van der Waals surface area contributed by atoms with Crippen LogP contribution in [0, 0.1) is 0 Å². The Labute approximate surface area is 113 Å². The summed E-state index contributed by atoms with van der Waals surface area (Å²) in [6.07, 6.45) is 3.30. The van der Waals surface area contributed by atoms with Crippen LogP contribution in [-0.2, 0) is 6.54 Å². The molecule has 3 heterocycles. The van der Waals surface area contributed by atoms with Gasteiger partial charge in [0.1, 0.15) is 5.76 Å². The maximum Gasteiger partial charge on any atom is 0.273 e. The Morgan fingerprint density at radius 2 is 2.26 bits per heavy atom. The van der Waals surface area contributed by atoms with Gasteiger partial charge in [0.15, 0.2) is 5.69 Å². The first-order valence-corrected chi connectivity index (χ1v) is 6.07. The van der Waals surface area contributed by atoms with E-state index in [0.29, 0.717) is 22.8 Å². The smallest absolute Gasteiger partial charge is 0.273 e. The van der Waals surface area contributed by atoms with Crippen LogP contribution in [0.5, 0.6) is 0 Å². The minimum absolute atomic E-state index is 0.208. The van der Waals surface area contributed by atoms with Crippen molar-refractivity contribution in [2.24, 2.45) is 0 Å². The Hall–Kier alpha value is -2.27. The number of amides is 1. The molecule has 0 unspecified atom stereocenters. The number of fused-ring (bicyclic) bond motifs is 1. The molecule has 0 radical (unpaired) electrons. The number of nitrogens with one attached hydrogen (secondary N) is 1. The van der Waals surface area contributed by atoms with Crippen molar-refractivity contribution >= 4 is 23.0 Å². The number of furan rings is 1. The lowest BCUT2D eigenvalue weighted by Crippen LogP contribution is -2.23. The van der Waals surface area contributed by atoms with Crippen LogP contribution in [0.1, 0.15) is 16.2 Å².